The molecule has 0 N–H and O–H groups in total. The van der Waals surface area contributed by atoms with E-state index >= 15 is 0 Å². The van der Waals surface area contributed by atoms with Crippen LogP contribution in [-0.4, -0.2) is 58.8 Å². The zero-order chi connectivity index (χ0) is 24.4. The van der Waals surface area contributed by atoms with Crippen LogP contribution in [0.15, 0.2) is 54.6 Å². The molecule has 4 aromatic rings. The van der Waals surface area contributed by atoms with E-state index in [4.69, 9.17) is 4.74 Å². The summed E-state index contributed by atoms with van der Waals surface area (Å²) in [5.74, 6) is 0.700. The Labute approximate surface area is 208 Å². The number of benzene rings is 2. The summed E-state index contributed by atoms with van der Waals surface area (Å²) >= 11 is 1.49. The van der Waals surface area contributed by atoms with Crippen molar-refractivity contribution < 1.29 is 13.9 Å². The Morgan fingerprint density at radius 1 is 1.00 bits per heavy atom. The number of methoxy groups -OCH3 is 1. The zero-order valence-corrected chi connectivity index (χ0v) is 20.9. The molecule has 0 bridgehead atoms. The van der Waals surface area contributed by atoms with E-state index < -0.39 is 0 Å². The molecule has 1 aliphatic heterocycles. The maximum atomic E-state index is 13.4. The van der Waals surface area contributed by atoms with E-state index in [-0.39, 0.29) is 11.7 Å². The number of aryl methyl sites for hydroxylation is 1. The lowest BCUT2D eigenvalue weighted by molar-refractivity contribution is 0.0766. The summed E-state index contributed by atoms with van der Waals surface area (Å²) in [6.07, 6.45) is 0.949. The highest BCUT2D eigenvalue weighted by Gasteiger charge is 2.23. The molecule has 0 radical (unpaired) electrons. The van der Waals surface area contributed by atoms with Crippen LogP contribution in [0.3, 0.4) is 0 Å². The molecule has 0 atom stereocenters. The SMILES string of the molecule is COc1ccc(CN2CCCN(C(=O)c3cc4c(C)nn(Cc5ccc(F)cc5)c4s3)CC2)cc1. The van der Waals surface area contributed by atoms with Gasteiger partial charge < -0.3 is 9.64 Å². The van der Waals surface area contributed by atoms with Crippen LogP contribution in [0.25, 0.3) is 10.2 Å². The van der Waals surface area contributed by atoms with Gasteiger partial charge in [0.15, 0.2) is 0 Å². The van der Waals surface area contributed by atoms with E-state index in [9.17, 15) is 9.18 Å². The maximum Gasteiger partial charge on any atom is 0.264 e. The second-order valence-electron chi connectivity index (χ2n) is 8.97. The van der Waals surface area contributed by atoms with Crippen molar-refractivity contribution >= 4 is 27.5 Å². The number of ether oxygens (including phenoxy) is 1. The van der Waals surface area contributed by atoms with Gasteiger partial charge in [-0.1, -0.05) is 24.3 Å². The number of halogens is 1. The van der Waals surface area contributed by atoms with Crippen LogP contribution in [0.5, 0.6) is 5.75 Å². The van der Waals surface area contributed by atoms with Gasteiger partial charge in [0.05, 0.1) is 24.2 Å². The summed E-state index contributed by atoms with van der Waals surface area (Å²) in [6.45, 7) is 6.66. The van der Waals surface area contributed by atoms with Crippen LogP contribution in [0, 0.1) is 12.7 Å². The molecule has 3 heterocycles. The molecular formula is C27H29FN4O2S. The standard InChI is InChI=1S/C27H29FN4O2S/c1-19-24-16-25(35-27(24)32(29-19)18-21-4-8-22(28)9-5-21)26(33)31-13-3-12-30(14-15-31)17-20-6-10-23(34-2)11-7-20/h4-11,16H,3,12-15,17-18H2,1-2H3. The molecule has 1 fully saturated rings. The number of fused-ring (bicyclic) bond motifs is 1. The molecule has 35 heavy (non-hydrogen) atoms. The average molecular weight is 493 g/mol. The molecule has 8 heteroatoms. The molecule has 0 saturated carbocycles. The highest BCUT2D eigenvalue weighted by molar-refractivity contribution is 7.20. The summed E-state index contributed by atoms with van der Waals surface area (Å²) in [5.41, 5.74) is 3.12. The minimum Gasteiger partial charge on any atom is -0.497 e. The zero-order valence-electron chi connectivity index (χ0n) is 20.0. The van der Waals surface area contributed by atoms with Gasteiger partial charge in [-0.2, -0.15) is 5.10 Å². The largest absolute Gasteiger partial charge is 0.497 e. The first kappa shape index (κ1) is 23.5. The van der Waals surface area contributed by atoms with Gasteiger partial charge in [-0.25, -0.2) is 4.39 Å². The second-order valence-corrected chi connectivity index (χ2v) is 10.00. The number of aromatic nitrogens is 2. The van der Waals surface area contributed by atoms with Gasteiger partial charge in [0.1, 0.15) is 16.4 Å². The number of thiophene rings is 1. The monoisotopic (exact) mass is 492 g/mol. The van der Waals surface area contributed by atoms with Crippen LogP contribution in [0.4, 0.5) is 4.39 Å². The van der Waals surface area contributed by atoms with Crippen molar-refractivity contribution in [3.63, 3.8) is 0 Å². The van der Waals surface area contributed by atoms with Gasteiger partial charge in [0.2, 0.25) is 0 Å². The predicted octanol–water partition coefficient (Wildman–Crippen LogP) is 4.95. The van der Waals surface area contributed by atoms with E-state index in [1.165, 1.54) is 29.0 Å². The van der Waals surface area contributed by atoms with E-state index in [0.717, 1.165) is 64.7 Å². The first-order valence-electron chi connectivity index (χ1n) is 11.9. The van der Waals surface area contributed by atoms with Crippen molar-refractivity contribution in [3.05, 3.63) is 82.1 Å². The highest BCUT2D eigenvalue weighted by atomic mass is 32.1. The summed E-state index contributed by atoms with van der Waals surface area (Å²) < 4.78 is 20.4. The summed E-state index contributed by atoms with van der Waals surface area (Å²) in [4.78, 5) is 19.5. The number of rotatable bonds is 6. The molecule has 0 unspecified atom stereocenters. The summed E-state index contributed by atoms with van der Waals surface area (Å²) in [7, 11) is 1.68. The van der Waals surface area contributed by atoms with Crippen molar-refractivity contribution in [1.29, 1.82) is 0 Å². The summed E-state index contributed by atoms with van der Waals surface area (Å²) in [6, 6.07) is 16.6. The lowest BCUT2D eigenvalue weighted by Gasteiger charge is -2.21. The molecule has 1 saturated heterocycles. The third-order valence-corrected chi connectivity index (χ3v) is 7.64. The number of carbonyl (C=O) groups excluding carboxylic acids is 1. The normalized spacial score (nSPS) is 14.9. The minimum absolute atomic E-state index is 0.0882. The van der Waals surface area contributed by atoms with Gasteiger partial charge in [-0.3, -0.25) is 14.4 Å². The first-order chi connectivity index (χ1) is 17.0. The molecule has 182 valence electrons. The Morgan fingerprint density at radius 2 is 1.71 bits per heavy atom. The Balaban J connectivity index is 1.26. The van der Waals surface area contributed by atoms with Crippen LogP contribution >= 0.6 is 11.3 Å². The number of hydrogen-bond acceptors (Lipinski definition) is 5. The molecule has 5 rings (SSSR count). The molecule has 0 spiro atoms. The van der Waals surface area contributed by atoms with Crippen LogP contribution in [-0.2, 0) is 13.1 Å². The van der Waals surface area contributed by atoms with Crippen molar-refractivity contribution in [2.75, 3.05) is 33.3 Å². The van der Waals surface area contributed by atoms with Gasteiger partial charge in [0, 0.05) is 38.1 Å². The van der Waals surface area contributed by atoms with E-state index in [2.05, 4.69) is 22.1 Å². The van der Waals surface area contributed by atoms with Crippen molar-refractivity contribution in [3.8, 4) is 5.75 Å². The van der Waals surface area contributed by atoms with Gasteiger partial charge in [0.25, 0.3) is 5.91 Å². The number of hydrogen-bond donors (Lipinski definition) is 0. The molecule has 2 aromatic heterocycles. The predicted molar refractivity (Wildman–Crippen MR) is 137 cm³/mol. The molecular weight excluding hydrogens is 463 g/mol. The van der Waals surface area contributed by atoms with Gasteiger partial charge in [-0.05, 0) is 54.8 Å². The van der Waals surface area contributed by atoms with Gasteiger partial charge in [-0.15, -0.1) is 11.3 Å². The van der Waals surface area contributed by atoms with E-state index in [0.29, 0.717) is 13.1 Å². The summed E-state index contributed by atoms with van der Waals surface area (Å²) in [5, 5.41) is 5.66. The fourth-order valence-electron chi connectivity index (χ4n) is 4.57. The highest BCUT2D eigenvalue weighted by Crippen LogP contribution is 2.30. The van der Waals surface area contributed by atoms with Crippen LogP contribution in [0.1, 0.15) is 32.9 Å². The van der Waals surface area contributed by atoms with Crippen LogP contribution in [0.2, 0.25) is 0 Å². The lowest BCUT2D eigenvalue weighted by atomic mass is 10.2. The minimum atomic E-state index is -0.250. The van der Waals surface area contributed by atoms with Crippen molar-refractivity contribution in [2.45, 2.75) is 26.4 Å². The molecule has 2 aromatic carbocycles. The molecule has 1 aliphatic rings. The third-order valence-electron chi connectivity index (χ3n) is 6.50. The second kappa shape index (κ2) is 10.2. The number of carbonyl (C=O) groups is 1. The quantitative estimate of drug-likeness (QED) is 0.382. The fraction of sp³-hybridized carbons (Fsp3) is 0.333. The first-order valence-corrected chi connectivity index (χ1v) is 12.7. The Bertz CT molecular complexity index is 1310. The average Bonchev–Trinajstić information content (AvgIpc) is 3.34. The molecule has 6 nitrogen and oxygen atoms in total. The van der Waals surface area contributed by atoms with Crippen LogP contribution < -0.4 is 4.74 Å². The Morgan fingerprint density at radius 3 is 2.46 bits per heavy atom. The Kier molecular flexibility index (Phi) is 6.83. The van der Waals surface area contributed by atoms with Gasteiger partial charge >= 0.3 is 0 Å². The number of nitrogens with zero attached hydrogens (tertiary/aromatic N) is 4. The van der Waals surface area contributed by atoms with E-state index in [1.54, 1.807) is 19.2 Å². The molecule has 0 aliphatic carbocycles. The number of amides is 1. The lowest BCUT2D eigenvalue weighted by Crippen LogP contribution is -2.34. The van der Waals surface area contributed by atoms with E-state index in [1.807, 2.05) is 34.7 Å². The van der Waals surface area contributed by atoms with Crippen molar-refractivity contribution in [2.24, 2.45) is 0 Å². The van der Waals surface area contributed by atoms with Crippen molar-refractivity contribution in [1.82, 2.24) is 19.6 Å². The third kappa shape index (κ3) is 5.23. The smallest absolute Gasteiger partial charge is 0.264 e. The fourth-order valence-corrected chi connectivity index (χ4v) is 5.69. The molecule has 1 amide bonds. The maximum absolute atomic E-state index is 13.4. The topological polar surface area (TPSA) is 50.6 Å². The Hall–Kier alpha value is -3.23.